The Labute approximate surface area is 118 Å². The molecular formula is C14H21N3O3. The second kappa shape index (κ2) is 6.07. The molecule has 0 radical (unpaired) electrons. The van der Waals surface area contributed by atoms with E-state index in [1.54, 1.807) is 19.3 Å². The molecule has 110 valence electrons. The minimum absolute atomic E-state index is 0.209. The van der Waals surface area contributed by atoms with E-state index in [-0.39, 0.29) is 11.9 Å². The Morgan fingerprint density at radius 2 is 2.10 bits per heavy atom. The summed E-state index contributed by atoms with van der Waals surface area (Å²) in [5, 5.41) is 6.82. The molecule has 20 heavy (non-hydrogen) atoms. The van der Waals surface area contributed by atoms with Gasteiger partial charge in [0.25, 0.3) is 5.91 Å². The van der Waals surface area contributed by atoms with Gasteiger partial charge in [-0.1, -0.05) is 19.3 Å². The van der Waals surface area contributed by atoms with E-state index in [1.165, 1.54) is 11.8 Å². The van der Waals surface area contributed by atoms with Crippen LogP contribution in [0.25, 0.3) is 0 Å². The maximum Gasteiger partial charge on any atom is 0.313 e. The van der Waals surface area contributed by atoms with Crippen molar-refractivity contribution in [1.29, 1.82) is 0 Å². The SMILES string of the molecule is COC(=O)C1(CNC(=O)c2ccnn2C)CCCCC1. The maximum absolute atomic E-state index is 12.1. The van der Waals surface area contributed by atoms with Crippen molar-refractivity contribution in [3.63, 3.8) is 0 Å². The second-order valence-corrected chi connectivity index (χ2v) is 5.36. The Kier molecular flexibility index (Phi) is 4.42. The molecule has 6 nitrogen and oxygen atoms in total. The molecule has 0 aliphatic heterocycles. The predicted octanol–water partition coefficient (Wildman–Crippen LogP) is 1.27. The number of rotatable bonds is 4. The number of aryl methyl sites for hydroxylation is 1. The standard InChI is InChI=1S/C14H21N3O3/c1-17-11(6-9-16-17)12(18)15-10-14(13(19)20-2)7-4-3-5-8-14/h6,9H,3-5,7-8,10H2,1-2H3,(H,15,18). The lowest BCUT2D eigenvalue weighted by Crippen LogP contribution is -2.45. The van der Waals surface area contributed by atoms with Gasteiger partial charge in [-0.05, 0) is 18.9 Å². The van der Waals surface area contributed by atoms with Crippen LogP contribution in [0.15, 0.2) is 12.3 Å². The van der Waals surface area contributed by atoms with Gasteiger partial charge < -0.3 is 10.1 Å². The Morgan fingerprint density at radius 3 is 2.65 bits per heavy atom. The van der Waals surface area contributed by atoms with E-state index >= 15 is 0 Å². The molecule has 0 unspecified atom stereocenters. The van der Waals surface area contributed by atoms with E-state index in [0.717, 1.165) is 32.1 Å². The highest BCUT2D eigenvalue weighted by atomic mass is 16.5. The number of amides is 1. The summed E-state index contributed by atoms with van der Waals surface area (Å²) in [6, 6.07) is 1.65. The van der Waals surface area contributed by atoms with Gasteiger partial charge in [0.15, 0.2) is 0 Å². The smallest absolute Gasteiger partial charge is 0.313 e. The largest absolute Gasteiger partial charge is 0.469 e. The molecule has 6 heteroatoms. The number of hydrogen-bond acceptors (Lipinski definition) is 4. The zero-order valence-corrected chi connectivity index (χ0v) is 12.0. The van der Waals surface area contributed by atoms with E-state index < -0.39 is 5.41 Å². The lowest BCUT2D eigenvalue weighted by molar-refractivity contribution is -0.154. The summed E-state index contributed by atoms with van der Waals surface area (Å²) in [7, 11) is 3.12. The molecule has 0 saturated heterocycles. The monoisotopic (exact) mass is 279 g/mol. The number of carbonyl (C=O) groups is 2. The minimum Gasteiger partial charge on any atom is -0.469 e. The Bertz CT molecular complexity index is 490. The van der Waals surface area contributed by atoms with E-state index in [1.807, 2.05) is 0 Å². The molecular weight excluding hydrogens is 258 g/mol. The fraction of sp³-hybridized carbons (Fsp3) is 0.643. The minimum atomic E-state index is -0.568. The van der Waals surface area contributed by atoms with E-state index in [0.29, 0.717) is 12.2 Å². The van der Waals surface area contributed by atoms with Gasteiger partial charge in [0.2, 0.25) is 0 Å². The summed E-state index contributed by atoms with van der Waals surface area (Å²) < 4.78 is 6.45. The fourth-order valence-electron chi connectivity index (χ4n) is 2.83. The summed E-state index contributed by atoms with van der Waals surface area (Å²) in [5.74, 6) is -0.429. The number of carbonyl (C=O) groups excluding carboxylic acids is 2. The van der Waals surface area contributed by atoms with Crippen LogP contribution >= 0.6 is 0 Å². The van der Waals surface area contributed by atoms with Gasteiger partial charge in [0.05, 0.1) is 12.5 Å². The van der Waals surface area contributed by atoms with Gasteiger partial charge in [-0.3, -0.25) is 14.3 Å². The first-order valence-electron chi connectivity index (χ1n) is 6.94. The third-order valence-electron chi connectivity index (χ3n) is 4.07. The first-order valence-corrected chi connectivity index (χ1v) is 6.94. The third-order valence-corrected chi connectivity index (χ3v) is 4.07. The molecule has 1 aliphatic rings. The van der Waals surface area contributed by atoms with Crippen molar-refractivity contribution >= 4 is 11.9 Å². The van der Waals surface area contributed by atoms with Crippen molar-refractivity contribution in [3.05, 3.63) is 18.0 Å². The maximum atomic E-state index is 12.1. The van der Waals surface area contributed by atoms with Crippen LogP contribution < -0.4 is 5.32 Å². The Balaban J connectivity index is 2.04. The molecule has 0 bridgehead atoms. The van der Waals surface area contributed by atoms with Gasteiger partial charge in [-0.25, -0.2) is 0 Å². The van der Waals surface area contributed by atoms with Crippen molar-refractivity contribution < 1.29 is 14.3 Å². The van der Waals surface area contributed by atoms with Gasteiger partial charge in [-0.15, -0.1) is 0 Å². The highest BCUT2D eigenvalue weighted by Crippen LogP contribution is 2.36. The van der Waals surface area contributed by atoms with Crippen LogP contribution in [0.1, 0.15) is 42.6 Å². The van der Waals surface area contributed by atoms with Crippen LogP contribution in [0.5, 0.6) is 0 Å². The molecule has 0 aromatic carbocycles. The lowest BCUT2D eigenvalue weighted by Gasteiger charge is -2.34. The molecule has 0 atom stereocenters. The van der Waals surface area contributed by atoms with Gasteiger partial charge in [0, 0.05) is 19.8 Å². The number of nitrogens with one attached hydrogen (secondary N) is 1. The average Bonchev–Trinajstić information content (AvgIpc) is 2.91. The van der Waals surface area contributed by atoms with Crippen molar-refractivity contribution in [2.45, 2.75) is 32.1 Å². The summed E-state index contributed by atoms with van der Waals surface area (Å²) in [4.78, 5) is 24.2. The fourth-order valence-corrected chi connectivity index (χ4v) is 2.83. The Morgan fingerprint density at radius 1 is 1.40 bits per heavy atom. The van der Waals surface area contributed by atoms with Gasteiger partial charge >= 0.3 is 5.97 Å². The van der Waals surface area contributed by atoms with Crippen LogP contribution in [0.3, 0.4) is 0 Å². The normalized spacial score (nSPS) is 17.5. The van der Waals surface area contributed by atoms with Crippen LogP contribution in [0.4, 0.5) is 0 Å². The molecule has 1 N–H and O–H groups in total. The first-order chi connectivity index (χ1) is 9.59. The molecule has 1 amide bonds. The van der Waals surface area contributed by atoms with Crippen molar-refractivity contribution in [2.24, 2.45) is 12.5 Å². The number of hydrogen-bond donors (Lipinski definition) is 1. The summed E-state index contributed by atoms with van der Waals surface area (Å²) in [6.07, 6.45) is 6.24. The highest BCUT2D eigenvalue weighted by molar-refractivity contribution is 5.92. The molecule has 1 aromatic heterocycles. The van der Waals surface area contributed by atoms with E-state index in [2.05, 4.69) is 10.4 Å². The number of nitrogens with zero attached hydrogens (tertiary/aromatic N) is 2. The zero-order chi connectivity index (χ0) is 14.6. The lowest BCUT2D eigenvalue weighted by atomic mass is 9.74. The van der Waals surface area contributed by atoms with E-state index in [4.69, 9.17) is 4.74 Å². The molecule has 1 saturated carbocycles. The predicted molar refractivity (Wildman–Crippen MR) is 73.1 cm³/mol. The Hall–Kier alpha value is -1.85. The number of methoxy groups -OCH3 is 1. The summed E-state index contributed by atoms with van der Waals surface area (Å²) >= 11 is 0. The first kappa shape index (κ1) is 14.6. The van der Waals surface area contributed by atoms with Crippen molar-refractivity contribution in [3.8, 4) is 0 Å². The van der Waals surface area contributed by atoms with Crippen molar-refractivity contribution in [1.82, 2.24) is 15.1 Å². The van der Waals surface area contributed by atoms with Gasteiger partial charge in [-0.2, -0.15) is 5.10 Å². The number of ether oxygens (including phenoxy) is 1. The van der Waals surface area contributed by atoms with Crippen LogP contribution in [-0.2, 0) is 16.6 Å². The summed E-state index contributed by atoms with van der Waals surface area (Å²) in [6.45, 7) is 0.323. The van der Waals surface area contributed by atoms with Crippen LogP contribution in [0.2, 0.25) is 0 Å². The molecule has 1 aromatic rings. The molecule has 1 fully saturated rings. The molecule has 2 rings (SSSR count). The number of esters is 1. The third kappa shape index (κ3) is 2.84. The van der Waals surface area contributed by atoms with Crippen molar-refractivity contribution in [2.75, 3.05) is 13.7 Å². The average molecular weight is 279 g/mol. The van der Waals surface area contributed by atoms with Crippen LogP contribution in [-0.4, -0.2) is 35.3 Å². The molecule has 0 spiro atoms. The molecule has 1 heterocycles. The van der Waals surface area contributed by atoms with E-state index in [9.17, 15) is 9.59 Å². The highest BCUT2D eigenvalue weighted by Gasteiger charge is 2.40. The topological polar surface area (TPSA) is 73.2 Å². The summed E-state index contributed by atoms with van der Waals surface area (Å²) in [5.41, 5.74) is -0.0813. The number of aromatic nitrogens is 2. The quantitative estimate of drug-likeness (QED) is 0.842. The van der Waals surface area contributed by atoms with Gasteiger partial charge in [0.1, 0.15) is 5.69 Å². The van der Waals surface area contributed by atoms with Crippen LogP contribution in [0, 0.1) is 5.41 Å². The second-order valence-electron chi connectivity index (χ2n) is 5.36. The zero-order valence-electron chi connectivity index (χ0n) is 12.0. The molecule has 1 aliphatic carbocycles.